The monoisotopic (exact) mass is 339 g/mol. The Balaban J connectivity index is 2.27. The molecule has 1 unspecified atom stereocenters. The van der Waals surface area contributed by atoms with Gasteiger partial charge in [-0.15, -0.1) is 0 Å². The van der Waals surface area contributed by atoms with Gasteiger partial charge in [-0.1, -0.05) is 12.1 Å². The van der Waals surface area contributed by atoms with Crippen molar-refractivity contribution < 1.29 is 34.2 Å². The van der Waals surface area contributed by atoms with Crippen molar-refractivity contribution in [2.45, 2.75) is 6.42 Å². The number of allylic oxidation sites excluding steroid dienone is 3. The molecular formula is C14H14NO7P. The number of hydrogen-bond acceptors (Lipinski definition) is 5. The molecular weight excluding hydrogens is 325 g/mol. The number of benzene rings is 1. The highest BCUT2D eigenvalue weighted by molar-refractivity contribution is 7.49. The van der Waals surface area contributed by atoms with Crippen LogP contribution in [-0.4, -0.2) is 31.6 Å². The average molecular weight is 339 g/mol. The summed E-state index contributed by atoms with van der Waals surface area (Å²) >= 11 is 0. The molecule has 0 saturated carbocycles. The first-order valence-electron chi connectivity index (χ1n) is 6.46. The summed E-state index contributed by atoms with van der Waals surface area (Å²) < 4.78 is 11.1. The van der Waals surface area contributed by atoms with Gasteiger partial charge in [0, 0.05) is 24.3 Å². The van der Waals surface area contributed by atoms with E-state index >= 15 is 0 Å². The number of Topliss-reactive ketones (excluding diaryl/α,β-unsaturated/α-hetero) is 1. The van der Waals surface area contributed by atoms with Crippen LogP contribution >= 0.6 is 7.75 Å². The van der Waals surface area contributed by atoms with E-state index in [0.717, 1.165) is 12.2 Å². The Hall–Kier alpha value is -2.41. The molecule has 0 radical (unpaired) electrons. The van der Waals surface area contributed by atoms with E-state index in [-0.39, 0.29) is 17.9 Å². The fourth-order valence-electron chi connectivity index (χ4n) is 2.23. The highest BCUT2D eigenvalue weighted by Gasteiger charge is 2.34. The van der Waals surface area contributed by atoms with Crippen molar-refractivity contribution in [3.8, 4) is 5.75 Å². The van der Waals surface area contributed by atoms with Gasteiger partial charge in [0.25, 0.3) is 0 Å². The second-order valence-electron chi connectivity index (χ2n) is 4.97. The van der Waals surface area contributed by atoms with Crippen LogP contribution in [0.15, 0.2) is 47.9 Å². The maximum absolute atomic E-state index is 12.3. The Morgan fingerprint density at radius 1 is 1.22 bits per heavy atom. The summed E-state index contributed by atoms with van der Waals surface area (Å²) in [6.45, 7) is 0. The summed E-state index contributed by atoms with van der Waals surface area (Å²) in [6, 6.07) is 5.86. The zero-order valence-corrected chi connectivity index (χ0v) is 12.6. The molecule has 1 aromatic rings. The van der Waals surface area contributed by atoms with E-state index in [1.807, 2.05) is 0 Å². The number of phenols is 1. The van der Waals surface area contributed by atoms with Crippen molar-refractivity contribution in [1.29, 1.82) is 0 Å². The molecule has 1 aromatic carbocycles. The zero-order valence-electron chi connectivity index (χ0n) is 11.7. The van der Waals surface area contributed by atoms with Gasteiger partial charge in [-0.2, -0.15) is 0 Å². The normalized spacial score (nSPS) is 18.2. The quantitative estimate of drug-likeness (QED) is 0.390. The first kappa shape index (κ1) is 17.0. The van der Waals surface area contributed by atoms with Crippen LogP contribution in [0.4, 0.5) is 0 Å². The number of aromatic hydroxyl groups is 1. The van der Waals surface area contributed by atoms with Crippen molar-refractivity contribution in [3.63, 3.8) is 0 Å². The highest BCUT2D eigenvalue weighted by atomic mass is 31.2. The molecule has 0 fully saturated rings. The van der Waals surface area contributed by atoms with Gasteiger partial charge >= 0.3 is 7.75 Å². The molecule has 0 amide bonds. The Bertz CT molecular complexity index is 762. The lowest BCUT2D eigenvalue weighted by Crippen LogP contribution is -2.33. The summed E-state index contributed by atoms with van der Waals surface area (Å²) in [5.74, 6) is -3.43. The van der Waals surface area contributed by atoms with Gasteiger partial charge in [-0.05, 0) is 17.7 Å². The SMILES string of the molecule is O=C1C=C(O)C=C(NP(=O)(O)O)C1C(=O)Cc1cccc(O)c1. The molecule has 0 saturated heterocycles. The average Bonchev–Trinajstić information content (AvgIpc) is 2.35. The Morgan fingerprint density at radius 2 is 1.91 bits per heavy atom. The Kier molecular flexibility index (Phi) is 4.70. The van der Waals surface area contributed by atoms with Gasteiger partial charge in [0.2, 0.25) is 0 Å². The first-order valence-corrected chi connectivity index (χ1v) is 8.07. The summed E-state index contributed by atoms with van der Waals surface area (Å²) in [5.41, 5.74) is 0.0746. The number of nitrogens with one attached hydrogen (secondary N) is 1. The van der Waals surface area contributed by atoms with E-state index in [9.17, 15) is 24.4 Å². The van der Waals surface area contributed by atoms with E-state index in [1.165, 1.54) is 18.2 Å². The van der Waals surface area contributed by atoms with Gasteiger partial charge < -0.3 is 20.0 Å². The number of aliphatic hydroxyl groups is 1. The van der Waals surface area contributed by atoms with Crippen LogP contribution in [0.5, 0.6) is 5.75 Å². The molecule has 0 heterocycles. The molecule has 2 rings (SSSR count). The van der Waals surface area contributed by atoms with Crippen LogP contribution in [0.25, 0.3) is 0 Å². The van der Waals surface area contributed by atoms with E-state index < -0.39 is 31.0 Å². The predicted octanol–water partition coefficient (Wildman–Crippen LogP) is 0.711. The number of carbonyl (C=O) groups is 2. The minimum absolute atomic E-state index is 0.0491. The molecule has 5 N–H and O–H groups in total. The maximum atomic E-state index is 12.3. The van der Waals surface area contributed by atoms with Gasteiger partial charge in [0.1, 0.15) is 17.4 Å². The second kappa shape index (κ2) is 6.37. The molecule has 1 aliphatic rings. The van der Waals surface area contributed by atoms with Gasteiger partial charge in [0.05, 0.1) is 0 Å². The van der Waals surface area contributed by atoms with Crippen LogP contribution < -0.4 is 5.09 Å². The van der Waals surface area contributed by atoms with Crippen LogP contribution in [0, 0.1) is 5.92 Å². The second-order valence-corrected chi connectivity index (χ2v) is 6.28. The minimum Gasteiger partial charge on any atom is -0.508 e. The van der Waals surface area contributed by atoms with Gasteiger partial charge in [-0.3, -0.25) is 14.7 Å². The summed E-state index contributed by atoms with van der Waals surface area (Å²) in [7, 11) is -4.76. The molecule has 9 heteroatoms. The fraction of sp³-hybridized carbons (Fsp3) is 0.143. The number of aliphatic hydroxyl groups excluding tert-OH is 1. The van der Waals surface area contributed by atoms with Crippen molar-refractivity contribution in [2.75, 3.05) is 0 Å². The number of hydrogen-bond donors (Lipinski definition) is 5. The number of phenolic OH excluding ortho intramolecular Hbond substituents is 1. The van der Waals surface area contributed by atoms with E-state index in [4.69, 9.17) is 9.79 Å². The van der Waals surface area contributed by atoms with Crippen LogP contribution in [0.3, 0.4) is 0 Å². The standard InChI is InChI=1S/C14H14NO7P/c16-9-3-1-2-8(4-9)5-12(18)14-11(15-23(20,21)22)6-10(17)7-13(14)19/h1-4,6-7,14,16-17H,5H2,(H3,15,20,21,22). The van der Waals surface area contributed by atoms with E-state index in [1.54, 1.807) is 11.2 Å². The Morgan fingerprint density at radius 3 is 2.52 bits per heavy atom. The lowest BCUT2D eigenvalue weighted by atomic mass is 9.88. The number of ketones is 2. The highest BCUT2D eigenvalue weighted by Crippen LogP contribution is 2.34. The van der Waals surface area contributed by atoms with Crippen LogP contribution in [0.2, 0.25) is 0 Å². The third-order valence-corrected chi connectivity index (χ3v) is 3.62. The van der Waals surface area contributed by atoms with Gasteiger partial charge in [0.15, 0.2) is 11.6 Å². The summed E-state index contributed by atoms with van der Waals surface area (Å²) in [5, 5.41) is 20.6. The van der Waals surface area contributed by atoms with Crippen molar-refractivity contribution in [1.82, 2.24) is 5.09 Å². The Labute approximate surface area is 131 Å². The zero-order chi connectivity index (χ0) is 17.2. The molecule has 122 valence electrons. The fourth-order valence-corrected chi connectivity index (χ4v) is 2.76. The predicted molar refractivity (Wildman–Crippen MR) is 79.3 cm³/mol. The molecule has 0 aliphatic heterocycles. The molecule has 0 spiro atoms. The molecule has 0 aromatic heterocycles. The lowest BCUT2D eigenvalue weighted by molar-refractivity contribution is -0.128. The molecule has 1 atom stereocenters. The van der Waals surface area contributed by atoms with Gasteiger partial charge in [-0.25, -0.2) is 4.57 Å². The maximum Gasteiger partial charge on any atom is 0.427 e. The number of rotatable bonds is 5. The minimum atomic E-state index is -4.76. The van der Waals surface area contributed by atoms with Crippen LogP contribution in [-0.2, 0) is 20.6 Å². The third kappa shape index (κ3) is 4.53. The molecule has 1 aliphatic carbocycles. The van der Waals surface area contributed by atoms with Crippen molar-refractivity contribution >= 4 is 19.3 Å². The molecule has 0 bridgehead atoms. The van der Waals surface area contributed by atoms with Crippen molar-refractivity contribution in [3.05, 3.63) is 53.4 Å². The van der Waals surface area contributed by atoms with E-state index in [0.29, 0.717) is 5.56 Å². The topological polar surface area (TPSA) is 144 Å². The molecule has 8 nitrogen and oxygen atoms in total. The largest absolute Gasteiger partial charge is 0.508 e. The summed E-state index contributed by atoms with van der Waals surface area (Å²) in [6.07, 6.45) is 1.51. The lowest BCUT2D eigenvalue weighted by Gasteiger charge is -2.22. The first-order chi connectivity index (χ1) is 10.7. The van der Waals surface area contributed by atoms with E-state index in [2.05, 4.69) is 0 Å². The smallest absolute Gasteiger partial charge is 0.427 e. The van der Waals surface area contributed by atoms with Crippen molar-refractivity contribution in [2.24, 2.45) is 5.92 Å². The summed E-state index contributed by atoms with van der Waals surface area (Å²) in [4.78, 5) is 42.2. The number of carbonyl (C=O) groups excluding carboxylic acids is 2. The molecule has 23 heavy (non-hydrogen) atoms. The van der Waals surface area contributed by atoms with Crippen LogP contribution in [0.1, 0.15) is 5.56 Å². The third-order valence-electron chi connectivity index (χ3n) is 3.07.